The molecule has 0 bridgehead atoms. The van der Waals surface area contributed by atoms with Crippen LogP contribution in [0.25, 0.3) is 0 Å². The van der Waals surface area contributed by atoms with E-state index in [1.807, 2.05) is 13.8 Å². The first-order valence-corrected chi connectivity index (χ1v) is 10.6. The van der Waals surface area contributed by atoms with E-state index >= 15 is 0 Å². The Hall–Kier alpha value is -3.59. The van der Waals surface area contributed by atoms with Gasteiger partial charge in [-0.05, 0) is 61.7 Å². The number of amides is 3. The van der Waals surface area contributed by atoms with E-state index in [-0.39, 0.29) is 18.6 Å². The number of hydrogen-bond acceptors (Lipinski definition) is 6. The number of benzene rings is 2. The van der Waals surface area contributed by atoms with Crippen LogP contribution < -0.4 is 25.5 Å². The highest BCUT2D eigenvalue weighted by Gasteiger charge is 2.14. The molecule has 3 amide bonds. The van der Waals surface area contributed by atoms with Crippen LogP contribution >= 0.6 is 11.6 Å². The van der Waals surface area contributed by atoms with Crippen LogP contribution in [0.1, 0.15) is 31.4 Å². The first kappa shape index (κ1) is 25.7. The largest absolute Gasteiger partial charge is 0.493 e. The van der Waals surface area contributed by atoms with Gasteiger partial charge in [0.15, 0.2) is 18.1 Å². The molecule has 0 radical (unpaired) electrons. The lowest BCUT2D eigenvalue weighted by Gasteiger charge is -2.13. The van der Waals surface area contributed by atoms with Crippen molar-refractivity contribution in [3.8, 4) is 11.5 Å². The summed E-state index contributed by atoms with van der Waals surface area (Å²) in [4.78, 5) is 35.7. The van der Waals surface area contributed by atoms with Crippen LogP contribution in [-0.4, -0.2) is 43.7 Å². The van der Waals surface area contributed by atoms with E-state index in [1.165, 1.54) is 13.3 Å². The molecule has 176 valence electrons. The Kier molecular flexibility index (Phi) is 9.68. The van der Waals surface area contributed by atoms with Gasteiger partial charge in [0.2, 0.25) is 0 Å². The fourth-order valence-corrected chi connectivity index (χ4v) is 2.74. The molecule has 0 saturated carbocycles. The number of methoxy groups -OCH3 is 1. The Morgan fingerprint density at radius 2 is 1.91 bits per heavy atom. The number of hydrazone groups is 1. The Morgan fingerprint density at radius 3 is 2.61 bits per heavy atom. The number of carbonyl (C=O) groups excluding carboxylic acids is 3. The molecule has 0 spiro atoms. The predicted octanol–water partition coefficient (Wildman–Crippen LogP) is 3.04. The minimum absolute atomic E-state index is 0.111. The zero-order valence-corrected chi connectivity index (χ0v) is 19.7. The normalized spacial score (nSPS) is 11.5. The van der Waals surface area contributed by atoms with Crippen LogP contribution in [0, 0.1) is 6.92 Å². The van der Waals surface area contributed by atoms with Crippen molar-refractivity contribution in [3.63, 3.8) is 0 Å². The van der Waals surface area contributed by atoms with Crippen molar-refractivity contribution >= 4 is 41.2 Å². The SMILES string of the molecule is CC[C@@H](C)NC(=O)C(=O)N/N=C\c1ccc(OCC(=O)Nc2cccc(Cl)c2C)c(OC)c1. The molecule has 0 aliphatic carbocycles. The fraction of sp³-hybridized carbons (Fsp3) is 0.304. The molecule has 0 saturated heterocycles. The molecule has 9 nitrogen and oxygen atoms in total. The first-order chi connectivity index (χ1) is 15.7. The highest BCUT2D eigenvalue weighted by molar-refractivity contribution is 6.35. The number of anilines is 1. The summed E-state index contributed by atoms with van der Waals surface area (Å²) in [6, 6.07) is 10.0. The second kappa shape index (κ2) is 12.4. The van der Waals surface area contributed by atoms with Crippen molar-refractivity contribution in [2.75, 3.05) is 19.0 Å². The number of halogens is 1. The topological polar surface area (TPSA) is 118 Å². The Morgan fingerprint density at radius 1 is 1.15 bits per heavy atom. The molecule has 0 unspecified atom stereocenters. The first-order valence-electron chi connectivity index (χ1n) is 10.2. The van der Waals surface area contributed by atoms with E-state index in [2.05, 4.69) is 21.2 Å². The number of carbonyl (C=O) groups is 3. The van der Waals surface area contributed by atoms with Crippen molar-refractivity contribution < 1.29 is 23.9 Å². The molecule has 0 heterocycles. The standard InChI is InChI=1S/C23H27ClN4O5/c1-5-14(2)26-22(30)23(31)28-25-12-16-9-10-19(20(11-16)32-4)33-13-21(29)27-18-8-6-7-17(24)15(18)3/h6-12,14H,5,13H2,1-4H3,(H,26,30)(H,27,29)(H,28,31)/b25-12-/t14-/m1/s1. The summed E-state index contributed by atoms with van der Waals surface area (Å²) >= 11 is 6.07. The number of nitrogens with one attached hydrogen (secondary N) is 3. The maximum atomic E-state index is 12.2. The van der Waals surface area contributed by atoms with E-state index in [0.29, 0.717) is 34.2 Å². The highest BCUT2D eigenvalue weighted by Crippen LogP contribution is 2.28. The summed E-state index contributed by atoms with van der Waals surface area (Å²) in [5.74, 6) is -1.25. The molecule has 0 aliphatic rings. The van der Waals surface area contributed by atoms with Crippen LogP contribution in [-0.2, 0) is 14.4 Å². The van der Waals surface area contributed by atoms with Gasteiger partial charge in [-0.2, -0.15) is 5.10 Å². The van der Waals surface area contributed by atoms with E-state index in [9.17, 15) is 14.4 Å². The predicted molar refractivity (Wildman–Crippen MR) is 127 cm³/mol. The molecule has 2 aromatic carbocycles. The van der Waals surface area contributed by atoms with E-state index in [1.54, 1.807) is 43.3 Å². The van der Waals surface area contributed by atoms with Gasteiger partial charge in [0.05, 0.1) is 13.3 Å². The molecule has 0 aliphatic heterocycles. The van der Waals surface area contributed by atoms with Crippen LogP contribution in [0.3, 0.4) is 0 Å². The van der Waals surface area contributed by atoms with Crippen molar-refractivity contribution in [3.05, 3.63) is 52.5 Å². The maximum absolute atomic E-state index is 12.2. The van der Waals surface area contributed by atoms with Crippen molar-refractivity contribution in [1.82, 2.24) is 10.7 Å². The minimum Gasteiger partial charge on any atom is -0.493 e. The van der Waals surface area contributed by atoms with Crippen LogP contribution in [0.15, 0.2) is 41.5 Å². The van der Waals surface area contributed by atoms with Gasteiger partial charge >= 0.3 is 11.8 Å². The zero-order valence-electron chi connectivity index (χ0n) is 18.9. The Bertz CT molecular complexity index is 1040. The van der Waals surface area contributed by atoms with E-state index in [4.69, 9.17) is 21.1 Å². The molecule has 2 aromatic rings. The van der Waals surface area contributed by atoms with Crippen molar-refractivity contribution in [2.45, 2.75) is 33.2 Å². The number of nitrogens with zero attached hydrogens (tertiary/aromatic N) is 1. The molecule has 0 fully saturated rings. The summed E-state index contributed by atoms with van der Waals surface area (Å²) in [5.41, 5.74) is 4.12. The summed E-state index contributed by atoms with van der Waals surface area (Å²) < 4.78 is 10.9. The van der Waals surface area contributed by atoms with Gasteiger partial charge in [-0.1, -0.05) is 24.6 Å². The van der Waals surface area contributed by atoms with Crippen molar-refractivity contribution in [1.29, 1.82) is 0 Å². The third-order valence-corrected chi connectivity index (χ3v) is 5.07. The average Bonchev–Trinajstić information content (AvgIpc) is 2.80. The number of ether oxygens (including phenoxy) is 2. The summed E-state index contributed by atoms with van der Waals surface area (Å²) in [6.07, 6.45) is 2.06. The molecule has 2 rings (SSSR count). The van der Waals surface area contributed by atoms with Gasteiger partial charge in [0.25, 0.3) is 5.91 Å². The third-order valence-electron chi connectivity index (χ3n) is 4.66. The van der Waals surface area contributed by atoms with Gasteiger partial charge in [-0.3, -0.25) is 14.4 Å². The summed E-state index contributed by atoms with van der Waals surface area (Å²) in [6.45, 7) is 5.26. The Labute approximate surface area is 197 Å². The number of hydrogen-bond donors (Lipinski definition) is 3. The van der Waals surface area contributed by atoms with E-state index < -0.39 is 11.8 Å². The molecule has 10 heteroatoms. The van der Waals surface area contributed by atoms with Crippen LogP contribution in [0.4, 0.5) is 5.69 Å². The molecular formula is C23H27ClN4O5. The molecular weight excluding hydrogens is 448 g/mol. The van der Waals surface area contributed by atoms with Gasteiger partial charge < -0.3 is 20.1 Å². The fourth-order valence-electron chi connectivity index (χ4n) is 2.56. The lowest BCUT2D eigenvalue weighted by atomic mass is 10.2. The number of rotatable bonds is 9. The smallest absolute Gasteiger partial charge is 0.329 e. The van der Waals surface area contributed by atoms with Gasteiger partial charge in [0, 0.05) is 16.8 Å². The van der Waals surface area contributed by atoms with Gasteiger partial charge in [0.1, 0.15) is 0 Å². The van der Waals surface area contributed by atoms with E-state index in [0.717, 1.165) is 5.56 Å². The average molecular weight is 475 g/mol. The monoisotopic (exact) mass is 474 g/mol. The zero-order chi connectivity index (χ0) is 24.4. The highest BCUT2D eigenvalue weighted by atomic mass is 35.5. The Balaban J connectivity index is 1.94. The van der Waals surface area contributed by atoms with Gasteiger partial charge in [-0.15, -0.1) is 0 Å². The minimum atomic E-state index is -0.862. The lowest BCUT2D eigenvalue weighted by Crippen LogP contribution is -2.41. The maximum Gasteiger partial charge on any atom is 0.329 e. The second-order valence-corrected chi connectivity index (χ2v) is 7.55. The molecule has 1 atom stereocenters. The third kappa shape index (κ3) is 7.80. The van der Waals surface area contributed by atoms with Crippen LogP contribution in [0.5, 0.6) is 11.5 Å². The van der Waals surface area contributed by atoms with Crippen molar-refractivity contribution in [2.24, 2.45) is 5.10 Å². The molecule has 0 aromatic heterocycles. The summed E-state index contributed by atoms with van der Waals surface area (Å²) in [5, 5.41) is 9.63. The lowest BCUT2D eigenvalue weighted by molar-refractivity contribution is -0.139. The molecule has 3 N–H and O–H groups in total. The quantitative estimate of drug-likeness (QED) is 0.293. The summed E-state index contributed by atoms with van der Waals surface area (Å²) in [7, 11) is 1.46. The van der Waals surface area contributed by atoms with Crippen LogP contribution in [0.2, 0.25) is 5.02 Å². The second-order valence-electron chi connectivity index (χ2n) is 7.14. The molecule has 33 heavy (non-hydrogen) atoms. The van der Waals surface area contributed by atoms with Gasteiger partial charge in [-0.25, -0.2) is 5.43 Å².